The summed E-state index contributed by atoms with van der Waals surface area (Å²) in [6, 6.07) is 8.11. The van der Waals surface area contributed by atoms with Gasteiger partial charge in [-0.2, -0.15) is 5.10 Å². The van der Waals surface area contributed by atoms with Crippen molar-refractivity contribution in [3.05, 3.63) is 41.7 Å². The van der Waals surface area contributed by atoms with E-state index in [1.165, 1.54) is 5.56 Å². The van der Waals surface area contributed by atoms with Crippen LogP contribution in [0.2, 0.25) is 0 Å². The molecule has 1 amide bonds. The molecule has 6 nitrogen and oxygen atoms in total. The highest BCUT2D eigenvalue weighted by Gasteiger charge is 2.24. The highest BCUT2D eigenvalue weighted by Crippen LogP contribution is 2.30. The molecule has 28 heavy (non-hydrogen) atoms. The lowest BCUT2D eigenvalue weighted by Crippen LogP contribution is -2.35. The van der Waals surface area contributed by atoms with E-state index in [-0.39, 0.29) is 24.4 Å². The van der Waals surface area contributed by atoms with Crippen LogP contribution in [-0.2, 0) is 0 Å². The number of hydrogen-bond acceptors (Lipinski definition) is 5. The molecule has 2 aromatic heterocycles. The van der Waals surface area contributed by atoms with Crippen LogP contribution in [0.3, 0.4) is 0 Å². The second-order valence-electron chi connectivity index (χ2n) is 7.34. The Labute approximate surface area is 176 Å². The fraction of sp³-hybridized carbons (Fsp3) is 0.450. The Bertz CT molecular complexity index is 934. The number of carbonyl (C=O) groups is 1. The van der Waals surface area contributed by atoms with Crippen molar-refractivity contribution >= 4 is 45.0 Å². The molecule has 0 aliphatic rings. The van der Waals surface area contributed by atoms with Gasteiger partial charge in [0.15, 0.2) is 5.13 Å². The summed E-state index contributed by atoms with van der Waals surface area (Å²) in [5.41, 5.74) is 2.73. The number of aromatic nitrogens is 3. The molecular weight excluding hydrogens is 394 g/mol. The van der Waals surface area contributed by atoms with Crippen LogP contribution < -0.4 is 4.90 Å². The average Bonchev–Trinajstić information content (AvgIpc) is 3.24. The number of fused-ring (bicyclic) bond motifs is 1. The number of amides is 1. The predicted octanol–water partition coefficient (Wildman–Crippen LogP) is 4.40. The number of carbonyl (C=O) groups excluding carboxylic acids is 1. The number of rotatable bonds is 7. The number of aryl methyl sites for hydroxylation is 1. The zero-order chi connectivity index (χ0) is 19.6. The van der Waals surface area contributed by atoms with Gasteiger partial charge in [0.2, 0.25) is 0 Å². The van der Waals surface area contributed by atoms with E-state index in [4.69, 9.17) is 4.98 Å². The zero-order valence-electron chi connectivity index (χ0n) is 17.0. The average molecular weight is 422 g/mol. The Morgan fingerprint density at radius 2 is 1.96 bits per heavy atom. The summed E-state index contributed by atoms with van der Waals surface area (Å²) in [4.78, 5) is 22.0. The van der Waals surface area contributed by atoms with Crippen LogP contribution in [0.1, 0.15) is 42.4 Å². The SMILES string of the molecule is Cc1ccc2nc(N(CCCN(C)C)C(=O)c3ccnn3C(C)C)sc2c1.Cl. The Kier molecular flexibility index (Phi) is 7.57. The molecular formula is C20H28ClN5OS. The maximum absolute atomic E-state index is 13.4. The van der Waals surface area contributed by atoms with Gasteiger partial charge in [0, 0.05) is 18.8 Å². The molecule has 0 saturated carbocycles. The van der Waals surface area contributed by atoms with Crippen molar-refractivity contribution in [2.75, 3.05) is 32.1 Å². The normalized spacial score (nSPS) is 11.2. The van der Waals surface area contributed by atoms with Crippen molar-refractivity contribution in [2.24, 2.45) is 0 Å². The van der Waals surface area contributed by atoms with Crippen molar-refractivity contribution in [3.63, 3.8) is 0 Å². The van der Waals surface area contributed by atoms with Gasteiger partial charge in [-0.05, 0) is 71.6 Å². The van der Waals surface area contributed by atoms with Gasteiger partial charge in [0.05, 0.1) is 10.2 Å². The molecule has 0 N–H and O–H groups in total. The molecule has 0 unspecified atom stereocenters. The van der Waals surface area contributed by atoms with Gasteiger partial charge in [0.25, 0.3) is 5.91 Å². The third kappa shape index (κ3) is 4.90. The van der Waals surface area contributed by atoms with E-state index in [2.05, 4.69) is 29.1 Å². The molecule has 0 spiro atoms. The third-order valence-corrected chi connectivity index (χ3v) is 5.42. The molecule has 0 aliphatic carbocycles. The lowest BCUT2D eigenvalue weighted by Gasteiger charge is -2.22. The van der Waals surface area contributed by atoms with Crippen LogP contribution >= 0.6 is 23.7 Å². The van der Waals surface area contributed by atoms with E-state index < -0.39 is 0 Å². The maximum atomic E-state index is 13.4. The topological polar surface area (TPSA) is 54.3 Å². The first kappa shape index (κ1) is 22.3. The minimum absolute atomic E-state index is 0. The first-order valence-corrected chi connectivity index (χ1v) is 10.1. The molecule has 8 heteroatoms. The number of anilines is 1. The summed E-state index contributed by atoms with van der Waals surface area (Å²) >= 11 is 1.57. The number of thiazole rings is 1. The second-order valence-corrected chi connectivity index (χ2v) is 8.35. The minimum Gasteiger partial charge on any atom is -0.309 e. The number of hydrogen-bond donors (Lipinski definition) is 0. The molecule has 0 bridgehead atoms. The van der Waals surface area contributed by atoms with Crippen molar-refractivity contribution in [3.8, 4) is 0 Å². The fourth-order valence-corrected chi connectivity index (χ4v) is 4.09. The monoisotopic (exact) mass is 421 g/mol. The largest absolute Gasteiger partial charge is 0.309 e. The van der Waals surface area contributed by atoms with Gasteiger partial charge in [0.1, 0.15) is 5.69 Å². The van der Waals surface area contributed by atoms with E-state index in [1.807, 2.05) is 34.0 Å². The van der Waals surface area contributed by atoms with E-state index in [0.29, 0.717) is 12.2 Å². The van der Waals surface area contributed by atoms with Crippen LogP contribution in [0.25, 0.3) is 10.2 Å². The van der Waals surface area contributed by atoms with Gasteiger partial charge < -0.3 is 4.90 Å². The van der Waals surface area contributed by atoms with E-state index >= 15 is 0 Å². The van der Waals surface area contributed by atoms with Crippen LogP contribution in [-0.4, -0.2) is 52.8 Å². The lowest BCUT2D eigenvalue weighted by molar-refractivity contribution is 0.0974. The van der Waals surface area contributed by atoms with Crippen molar-refractivity contribution < 1.29 is 4.79 Å². The molecule has 0 saturated heterocycles. The fourth-order valence-electron chi connectivity index (χ4n) is 3.00. The van der Waals surface area contributed by atoms with Crippen LogP contribution in [0.15, 0.2) is 30.5 Å². The predicted molar refractivity (Wildman–Crippen MR) is 119 cm³/mol. The third-order valence-electron chi connectivity index (χ3n) is 4.37. The molecule has 0 atom stereocenters. The van der Waals surface area contributed by atoms with Crippen LogP contribution in [0, 0.1) is 6.92 Å². The maximum Gasteiger partial charge on any atom is 0.278 e. The summed E-state index contributed by atoms with van der Waals surface area (Å²) in [6.45, 7) is 7.66. The van der Waals surface area contributed by atoms with Crippen LogP contribution in [0.4, 0.5) is 5.13 Å². The van der Waals surface area contributed by atoms with E-state index in [9.17, 15) is 4.79 Å². The molecule has 3 rings (SSSR count). The van der Waals surface area contributed by atoms with E-state index in [1.54, 1.807) is 33.2 Å². The summed E-state index contributed by atoms with van der Waals surface area (Å²) in [5, 5.41) is 5.07. The molecule has 3 aromatic rings. The molecule has 152 valence electrons. The smallest absolute Gasteiger partial charge is 0.278 e. The van der Waals surface area contributed by atoms with Crippen molar-refractivity contribution in [1.82, 2.24) is 19.7 Å². The Morgan fingerprint density at radius 1 is 1.21 bits per heavy atom. The Morgan fingerprint density at radius 3 is 2.64 bits per heavy atom. The molecule has 0 radical (unpaired) electrons. The summed E-state index contributed by atoms with van der Waals surface area (Å²) in [6.07, 6.45) is 2.57. The van der Waals surface area contributed by atoms with Gasteiger partial charge in [-0.25, -0.2) is 4.98 Å². The highest BCUT2D eigenvalue weighted by molar-refractivity contribution is 7.22. The van der Waals surface area contributed by atoms with Crippen LogP contribution in [0.5, 0.6) is 0 Å². The molecule has 2 heterocycles. The minimum atomic E-state index is -0.0456. The number of halogens is 1. The Hall–Kier alpha value is -1.96. The van der Waals surface area contributed by atoms with Gasteiger partial charge in [-0.1, -0.05) is 17.4 Å². The first-order chi connectivity index (χ1) is 12.9. The summed E-state index contributed by atoms with van der Waals surface area (Å²) < 4.78 is 2.88. The van der Waals surface area contributed by atoms with E-state index in [0.717, 1.165) is 28.3 Å². The lowest BCUT2D eigenvalue weighted by atomic mass is 10.2. The zero-order valence-corrected chi connectivity index (χ0v) is 18.7. The molecule has 0 aliphatic heterocycles. The quantitative estimate of drug-likeness (QED) is 0.567. The highest BCUT2D eigenvalue weighted by atomic mass is 35.5. The van der Waals surface area contributed by atoms with Gasteiger partial charge >= 0.3 is 0 Å². The standard InChI is InChI=1S/C20H27N5OS.ClH/c1-14(2)25-17(9-10-21-25)19(26)24(12-6-11-23(4)5)20-22-16-8-7-15(3)13-18(16)27-20;/h7-10,13-14H,6,11-12H2,1-5H3;1H. The van der Waals surface area contributed by atoms with Crippen molar-refractivity contribution in [1.29, 1.82) is 0 Å². The molecule has 0 fully saturated rings. The summed E-state index contributed by atoms with van der Waals surface area (Å²) in [5.74, 6) is -0.0456. The Balaban J connectivity index is 0.00000280. The second kappa shape index (κ2) is 9.49. The number of nitrogens with zero attached hydrogens (tertiary/aromatic N) is 5. The number of benzene rings is 1. The first-order valence-electron chi connectivity index (χ1n) is 9.24. The van der Waals surface area contributed by atoms with Gasteiger partial charge in [-0.3, -0.25) is 14.4 Å². The van der Waals surface area contributed by atoms with Gasteiger partial charge in [-0.15, -0.1) is 12.4 Å². The summed E-state index contributed by atoms with van der Waals surface area (Å²) in [7, 11) is 4.08. The van der Waals surface area contributed by atoms with Crippen molar-refractivity contribution in [2.45, 2.75) is 33.2 Å². The molecule has 1 aromatic carbocycles.